The highest BCUT2D eigenvalue weighted by molar-refractivity contribution is 5.79. The summed E-state index contributed by atoms with van der Waals surface area (Å²) in [4.78, 5) is 15.1. The molecule has 0 unspecified atom stereocenters. The molecule has 0 aromatic rings. The Kier molecular flexibility index (Phi) is 15.0. The van der Waals surface area contributed by atoms with Crippen molar-refractivity contribution >= 4 is 5.91 Å². The Balaban J connectivity index is 2.21. The molecule has 26 heavy (non-hydrogen) atoms. The molecule has 0 N–H and O–H groups in total. The number of nitrogens with zero attached hydrogens (tertiary/aromatic N) is 1. The maximum Gasteiger partial charge on any atom is 0.225 e. The van der Waals surface area contributed by atoms with Gasteiger partial charge in [-0.15, -0.1) is 0 Å². The van der Waals surface area contributed by atoms with E-state index in [9.17, 15) is 4.79 Å². The second kappa shape index (κ2) is 16.6. The van der Waals surface area contributed by atoms with Gasteiger partial charge in [0.2, 0.25) is 5.91 Å². The molecule has 1 fully saturated rings. The molecule has 2 nitrogen and oxygen atoms in total. The van der Waals surface area contributed by atoms with Crippen LogP contribution in [0.15, 0.2) is 0 Å². The third-order valence-corrected chi connectivity index (χ3v) is 6.08. The van der Waals surface area contributed by atoms with Gasteiger partial charge < -0.3 is 4.90 Å². The van der Waals surface area contributed by atoms with Gasteiger partial charge in [0.15, 0.2) is 0 Å². The highest BCUT2D eigenvalue weighted by Crippen LogP contribution is 2.27. The lowest BCUT2D eigenvalue weighted by Crippen LogP contribution is -2.36. The van der Waals surface area contributed by atoms with Crippen LogP contribution in [0.4, 0.5) is 0 Å². The Bertz CT molecular complexity index is 304. The fraction of sp³-hybridized carbons (Fsp3) is 0.958. The SMILES string of the molecule is CCCCCCCCCN(CCCCCCCCC)C(=O)C1CCCC1. The quantitative estimate of drug-likeness (QED) is 0.244. The molecule has 0 bridgehead atoms. The van der Waals surface area contributed by atoms with Gasteiger partial charge in [0, 0.05) is 19.0 Å². The normalized spacial score (nSPS) is 14.8. The average molecular weight is 366 g/mol. The van der Waals surface area contributed by atoms with Crippen molar-refractivity contribution in [3.63, 3.8) is 0 Å². The third kappa shape index (κ3) is 11.2. The van der Waals surface area contributed by atoms with Crippen molar-refractivity contribution in [2.24, 2.45) is 5.92 Å². The standard InChI is InChI=1S/C24H47NO/c1-3-5-7-9-11-13-17-21-25(24(26)23-19-15-16-20-23)22-18-14-12-10-8-6-4-2/h23H,3-22H2,1-2H3. The van der Waals surface area contributed by atoms with Crippen LogP contribution in [0.25, 0.3) is 0 Å². The van der Waals surface area contributed by atoms with Crippen molar-refractivity contribution in [1.82, 2.24) is 4.90 Å². The van der Waals surface area contributed by atoms with Gasteiger partial charge in [0.05, 0.1) is 0 Å². The molecule has 1 rings (SSSR count). The predicted molar refractivity (Wildman–Crippen MR) is 115 cm³/mol. The number of carbonyl (C=O) groups excluding carboxylic acids is 1. The molecule has 2 heteroatoms. The molecule has 1 amide bonds. The van der Waals surface area contributed by atoms with Crippen molar-refractivity contribution in [2.75, 3.05) is 13.1 Å². The van der Waals surface area contributed by atoms with Crippen LogP contribution >= 0.6 is 0 Å². The van der Waals surface area contributed by atoms with E-state index in [0.29, 0.717) is 11.8 Å². The van der Waals surface area contributed by atoms with E-state index in [1.807, 2.05) is 0 Å². The van der Waals surface area contributed by atoms with Crippen LogP contribution < -0.4 is 0 Å². The smallest absolute Gasteiger partial charge is 0.225 e. The largest absolute Gasteiger partial charge is 0.342 e. The van der Waals surface area contributed by atoms with Crippen LogP contribution in [0.5, 0.6) is 0 Å². The van der Waals surface area contributed by atoms with Crippen LogP contribution in [0, 0.1) is 5.92 Å². The predicted octanol–water partition coefficient (Wildman–Crippen LogP) is 7.51. The molecule has 0 aliphatic heterocycles. The van der Waals surface area contributed by atoms with E-state index in [2.05, 4.69) is 18.7 Å². The van der Waals surface area contributed by atoms with Gasteiger partial charge in [0.25, 0.3) is 0 Å². The first kappa shape index (κ1) is 23.5. The van der Waals surface area contributed by atoms with Crippen molar-refractivity contribution in [3.8, 4) is 0 Å². The number of rotatable bonds is 17. The first-order valence-corrected chi connectivity index (χ1v) is 12.1. The molecule has 0 aromatic heterocycles. The molecule has 0 aromatic carbocycles. The molecule has 1 aliphatic carbocycles. The Labute approximate surface area is 164 Å². The number of unbranched alkanes of at least 4 members (excludes halogenated alkanes) is 12. The van der Waals surface area contributed by atoms with Crippen LogP contribution in [-0.2, 0) is 4.79 Å². The second-order valence-corrected chi connectivity index (χ2v) is 8.55. The van der Waals surface area contributed by atoms with E-state index in [4.69, 9.17) is 0 Å². The summed E-state index contributed by atoms with van der Waals surface area (Å²) < 4.78 is 0. The molecule has 0 atom stereocenters. The van der Waals surface area contributed by atoms with E-state index in [0.717, 1.165) is 25.9 Å². The van der Waals surface area contributed by atoms with Crippen molar-refractivity contribution in [2.45, 2.75) is 129 Å². The molecule has 0 radical (unpaired) electrons. The highest BCUT2D eigenvalue weighted by atomic mass is 16.2. The summed E-state index contributed by atoms with van der Waals surface area (Å²) in [5.74, 6) is 0.837. The molecule has 1 aliphatic rings. The lowest BCUT2D eigenvalue weighted by Gasteiger charge is -2.26. The summed E-state index contributed by atoms with van der Waals surface area (Å²) in [5, 5.41) is 0. The van der Waals surface area contributed by atoms with Crippen molar-refractivity contribution < 1.29 is 4.79 Å². The minimum Gasteiger partial charge on any atom is -0.342 e. The second-order valence-electron chi connectivity index (χ2n) is 8.55. The summed E-state index contributed by atoms with van der Waals surface area (Å²) in [5.41, 5.74) is 0. The Morgan fingerprint density at radius 3 is 1.46 bits per heavy atom. The van der Waals surface area contributed by atoms with Crippen LogP contribution in [0.2, 0.25) is 0 Å². The minimum absolute atomic E-state index is 0.351. The number of carbonyl (C=O) groups is 1. The van der Waals surface area contributed by atoms with Crippen molar-refractivity contribution in [3.05, 3.63) is 0 Å². The van der Waals surface area contributed by atoms with E-state index in [1.54, 1.807) is 0 Å². The maximum atomic E-state index is 12.9. The Morgan fingerprint density at radius 2 is 1.04 bits per heavy atom. The van der Waals surface area contributed by atoms with Gasteiger partial charge in [-0.05, 0) is 25.7 Å². The van der Waals surface area contributed by atoms with Gasteiger partial charge in [-0.25, -0.2) is 0 Å². The summed E-state index contributed by atoms with van der Waals surface area (Å²) >= 11 is 0. The van der Waals surface area contributed by atoms with Crippen molar-refractivity contribution in [1.29, 1.82) is 0 Å². The maximum absolute atomic E-state index is 12.9. The lowest BCUT2D eigenvalue weighted by molar-refractivity contribution is -0.135. The van der Waals surface area contributed by atoms with Gasteiger partial charge in [-0.3, -0.25) is 4.79 Å². The number of hydrogen-bond acceptors (Lipinski definition) is 1. The molecule has 0 saturated heterocycles. The first-order chi connectivity index (χ1) is 12.8. The van der Waals surface area contributed by atoms with E-state index in [-0.39, 0.29) is 0 Å². The molecule has 0 spiro atoms. The minimum atomic E-state index is 0.351. The van der Waals surface area contributed by atoms with E-state index in [1.165, 1.54) is 103 Å². The third-order valence-electron chi connectivity index (χ3n) is 6.08. The van der Waals surface area contributed by atoms with Gasteiger partial charge in [-0.2, -0.15) is 0 Å². The molecule has 0 heterocycles. The van der Waals surface area contributed by atoms with Gasteiger partial charge in [0.1, 0.15) is 0 Å². The van der Waals surface area contributed by atoms with Gasteiger partial charge >= 0.3 is 0 Å². The Morgan fingerprint density at radius 1 is 0.654 bits per heavy atom. The lowest BCUT2D eigenvalue weighted by atomic mass is 10.0. The zero-order valence-electron chi connectivity index (χ0n) is 18.1. The molecular weight excluding hydrogens is 318 g/mol. The first-order valence-electron chi connectivity index (χ1n) is 12.1. The summed E-state index contributed by atoms with van der Waals surface area (Å²) in [6, 6.07) is 0. The monoisotopic (exact) mass is 365 g/mol. The topological polar surface area (TPSA) is 20.3 Å². The van der Waals surface area contributed by atoms with Gasteiger partial charge in [-0.1, -0.05) is 104 Å². The van der Waals surface area contributed by atoms with E-state index < -0.39 is 0 Å². The van der Waals surface area contributed by atoms with E-state index >= 15 is 0 Å². The summed E-state index contributed by atoms with van der Waals surface area (Å²) in [7, 11) is 0. The molecule has 154 valence electrons. The number of amides is 1. The average Bonchev–Trinajstić information content (AvgIpc) is 3.19. The van der Waals surface area contributed by atoms with Crippen LogP contribution in [0.3, 0.4) is 0 Å². The zero-order valence-corrected chi connectivity index (χ0v) is 18.1. The number of hydrogen-bond donors (Lipinski definition) is 0. The van der Waals surface area contributed by atoms with Crippen LogP contribution in [0.1, 0.15) is 129 Å². The summed E-state index contributed by atoms with van der Waals surface area (Å²) in [6.45, 7) is 6.57. The van der Waals surface area contributed by atoms with Crippen LogP contribution in [-0.4, -0.2) is 23.9 Å². The Hall–Kier alpha value is -0.530. The molecular formula is C24H47NO. The fourth-order valence-electron chi connectivity index (χ4n) is 4.28. The highest BCUT2D eigenvalue weighted by Gasteiger charge is 2.26. The zero-order chi connectivity index (χ0) is 18.9. The molecule has 1 saturated carbocycles. The summed E-state index contributed by atoms with van der Waals surface area (Å²) in [6.07, 6.45) is 23.5. The fourth-order valence-corrected chi connectivity index (χ4v) is 4.28.